The molecule has 0 spiro atoms. The van der Waals surface area contributed by atoms with Gasteiger partial charge in [0.15, 0.2) is 4.91 Å². The molecule has 0 saturated heterocycles. The zero-order valence-electron chi connectivity index (χ0n) is 13.7. The summed E-state index contributed by atoms with van der Waals surface area (Å²) >= 11 is 0. The molecule has 0 radical (unpaired) electrons. The maximum atomic E-state index is 12.8. The van der Waals surface area contributed by atoms with Crippen molar-refractivity contribution in [2.45, 2.75) is 18.7 Å². The Kier molecular flexibility index (Phi) is 5.41. The van der Waals surface area contributed by atoms with Crippen LogP contribution in [0.25, 0.3) is 0 Å². The summed E-state index contributed by atoms with van der Waals surface area (Å²) in [5.41, 5.74) is 2.46. The lowest BCUT2D eigenvalue weighted by Crippen LogP contribution is -2.17. The average Bonchev–Trinajstić information content (AvgIpc) is 2.57. The van der Waals surface area contributed by atoms with E-state index in [4.69, 9.17) is 0 Å². The highest BCUT2D eigenvalue weighted by Crippen LogP contribution is 2.23. The number of anilines is 1. The second-order valence-corrected chi connectivity index (χ2v) is 7.18. The molecular formula is C18H19NO4S. The number of rotatable bonds is 5. The normalized spacial score (nSPS) is 11.9. The van der Waals surface area contributed by atoms with Gasteiger partial charge in [-0.1, -0.05) is 24.3 Å². The molecule has 2 rings (SSSR count). The summed E-state index contributed by atoms with van der Waals surface area (Å²) in [6.07, 6.45) is 1.16. The van der Waals surface area contributed by atoms with Gasteiger partial charge < -0.3 is 10.1 Å². The summed E-state index contributed by atoms with van der Waals surface area (Å²) < 4.78 is 30.3. The molecule has 0 aliphatic carbocycles. The van der Waals surface area contributed by atoms with Crippen molar-refractivity contribution >= 4 is 21.5 Å². The number of ether oxygens (including phenoxy) is 1. The summed E-state index contributed by atoms with van der Waals surface area (Å²) in [7, 11) is -2.85. The molecule has 5 nitrogen and oxygen atoms in total. The van der Waals surface area contributed by atoms with Crippen molar-refractivity contribution in [3.63, 3.8) is 0 Å². The minimum Gasteiger partial charge on any atom is -0.465 e. The van der Waals surface area contributed by atoms with E-state index < -0.39 is 20.7 Å². The zero-order chi connectivity index (χ0) is 17.7. The number of aryl methyl sites for hydroxylation is 2. The fourth-order valence-electron chi connectivity index (χ4n) is 2.04. The number of esters is 1. The van der Waals surface area contributed by atoms with Gasteiger partial charge in [-0.05, 0) is 49.2 Å². The molecule has 0 atom stereocenters. The molecule has 0 saturated carbocycles. The number of hydrogen-bond acceptors (Lipinski definition) is 5. The maximum Gasteiger partial charge on any atom is 0.351 e. The Morgan fingerprint density at radius 3 is 2.29 bits per heavy atom. The van der Waals surface area contributed by atoms with Crippen LogP contribution in [-0.4, -0.2) is 21.5 Å². The summed E-state index contributed by atoms with van der Waals surface area (Å²) in [5.74, 6) is -0.920. The van der Waals surface area contributed by atoms with Crippen LogP contribution in [0.15, 0.2) is 64.5 Å². The minimum atomic E-state index is -4.00. The highest BCUT2D eigenvalue weighted by atomic mass is 32.2. The molecule has 2 aromatic rings. The lowest BCUT2D eigenvalue weighted by atomic mass is 10.1. The van der Waals surface area contributed by atoms with Crippen LogP contribution < -0.4 is 5.32 Å². The number of carbonyl (C=O) groups excluding carboxylic acids is 1. The second kappa shape index (κ2) is 7.31. The maximum absolute atomic E-state index is 12.8. The van der Waals surface area contributed by atoms with Crippen LogP contribution in [0, 0.1) is 13.8 Å². The first kappa shape index (κ1) is 17.7. The van der Waals surface area contributed by atoms with Crippen molar-refractivity contribution < 1.29 is 17.9 Å². The number of nitrogens with one attached hydrogen (secondary N) is 1. The van der Waals surface area contributed by atoms with E-state index in [0.29, 0.717) is 5.69 Å². The van der Waals surface area contributed by atoms with E-state index >= 15 is 0 Å². The zero-order valence-corrected chi connectivity index (χ0v) is 14.6. The van der Waals surface area contributed by atoms with Crippen LogP contribution in [0.3, 0.4) is 0 Å². The second-order valence-electron chi connectivity index (χ2n) is 5.26. The van der Waals surface area contributed by atoms with Crippen LogP contribution in [0.2, 0.25) is 0 Å². The third kappa shape index (κ3) is 3.83. The molecule has 0 aliphatic heterocycles. The Morgan fingerprint density at radius 1 is 1.04 bits per heavy atom. The van der Waals surface area contributed by atoms with Gasteiger partial charge in [-0.3, -0.25) is 0 Å². The van der Waals surface area contributed by atoms with Crippen LogP contribution >= 0.6 is 0 Å². The van der Waals surface area contributed by atoms with Gasteiger partial charge in [-0.2, -0.15) is 0 Å². The van der Waals surface area contributed by atoms with Gasteiger partial charge in [0.05, 0.1) is 12.0 Å². The number of hydrogen-bond donors (Lipinski definition) is 1. The van der Waals surface area contributed by atoms with E-state index in [0.717, 1.165) is 24.4 Å². The average molecular weight is 345 g/mol. The van der Waals surface area contributed by atoms with E-state index in [1.165, 1.54) is 6.07 Å². The lowest BCUT2D eigenvalue weighted by molar-refractivity contribution is -0.135. The molecule has 0 fully saturated rings. The molecule has 0 bridgehead atoms. The van der Waals surface area contributed by atoms with E-state index in [-0.39, 0.29) is 4.90 Å². The largest absolute Gasteiger partial charge is 0.465 e. The number of carbonyl (C=O) groups is 1. The predicted molar refractivity (Wildman–Crippen MR) is 93.3 cm³/mol. The van der Waals surface area contributed by atoms with Gasteiger partial charge in [0.25, 0.3) is 0 Å². The minimum absolute atomic E-state index is 0.0529. The molecule has 0 aromatic heterocycles. The molecule has 1 N–H and O–H groups in total. The molecule has 126 valence electrons. The summed E-state index contributed by atoms with van der Waals surface area (Å²) in [6.45, 7) is 3.71. The van der Waals surface area contributed by atoms with E-state index in [2.05, 4.69) is 10.1 Å². The topological polar surface area (TPSA) is 72.5 Å². The van der Waals surface area contributed by atoms with Gasteiger partial charge in [0, 0.05) is 11.9 Å². The van der Waals surface area contributed by atoms with Crippen LogP contribution in [0.5, 0.6) is 0 Å². The molecular weight excluding hydrogens is 326 g/mol. The molecule has 24 heavy (non-hydrogen) atoms. The van der Waals surface area contributed by atoms with Crippen molar-refractivity contribution in [2.75, 3.05) is 12.4 Å². The van der Waals surface area contributed by atoms with E-state index in [1.807, 2.05) is 19.9 Å². The predicted octanol–water partition coefficient (Wildman–Crippen LogP) is 3.20. The van der Waals surface area contributed by atoms with Crippen molar-refractivity contribution in [3.05, 3.63) is 70.8 Å². The SMILES string of the molecule is COC(=O)/C(=C\Nc1ccccc1)S(=O)(=O)c1ccc(C)c(C)c1. The molecule has 0 heterocycles. The van der Waals surface area contributed by atoms with Crippen LogP contribution in [0.1, 0.15) is 11.1 Å². The van der Waals surface area contributed by atoms with Gasteiger partial charge in [-0.25, -0.2) is 13.2 Å². The fraction of sp³-hybridized carbons (Fsp3) is 0.167. The first-order valence-corrected chi connectivity index (χ1v) is 8.77. The number of para-hydroxylation sites is 1. The Hall–Kier alpha value is -2.60. The Morgan fingerprint density at radius 2 is 1.71 bits per heavy atom. The van der Waals surface area contributed by atoms with Crippen LogP contribution in [-0.2, 0) is 19.4 Å². The quantitative estimate of drug-likeness (QED) is 0.665. The molecule has 2 aromatic carbocycles. The smallest absolute Gasteiger partial charge is 0.351 e. The van der Waals surface area contributed by atoms with Gasteiger partial charge in [0.2, 0.25) is 9.84 Å². The van der Waals surface area contributed by atoms with Gasteiger partial charge in [-0.15, -0.1) is 0 Å². The Bertz CT molecular complexity index is 871. The number of sulfone groups is 1. The van der Waals surface area contributed by atoms with Crippen molar-refractivity contribution in [1.29, 1.82) is 0 Å². The Balaban J connectivity index is 2.46. The van der Waals surface area contributed by atoms with Crippen molar-refractivity contribution in [1.82, 2.24) is 0 Å². The van der Waals surface area contributed by atoms with Crippen molar-refractivity contribution in [2.24, 2.45) is 0 Å². The van der Waals surface area contributed by atoms with E-state index in [9.17, 15) is 13.2 Å². The summed E-state index contributed by atoms with van der Waals surface area (Å²) in [5, 5.41) is 2.82. The molecule has 6 heteroatoms. The molecule has 0 unspecified atom stereocenters. The molecule has 0 aliphatic rings. The third-order valence-corrected chi connectivity index (χ3v) is 5.35. The molecule has 0 amide bonds. The number of benzene rings is 2. The number of methoxy groups -OCH3 is 1. The highest BCUT2D eigenvalue weighted by Gasteiger charge is 2.28. The van der Waals surface area contributed by atoms with Gasteiger partial charge >= 0.3 is 5.97 Å². The Labute approximate surface area is 141 Å². The summed E-state index contributed by atoms with van der Waals surface area (Å²) in [6, 6.07) is 13.7. The summed E-state index contributed by atoms with van der Waals surface area (Å²) in [4.78, 5) is 11.6. The van der Waals surface area contributed by atoms with Gasteiger partial charge in [0.1, 0.15) is 0 Å². The lowest BCUT2D eigenvalue weighted by Gasteiger charge is -2.10. The first-order valence-electron chi connectivity index (χ1n) is 7.28. The van der Waals surface area contributed by atoms with Crippen LogP contribution in [0.4, 0.5) is 5.69 Å². The van der Waals surface area contributed by atoms with Crippen molar-refractivity contribution in [3.8, 4) is 0 Å². The standard InChI is InChI=1S/C18H19NO4S/c1-13-9-10-16(11-14(13)2)24(21,22)17(18(20)23-3)12-19-15-7-5-4-6-8-15/h4-12,19H,1-3H3/b17-12+. The first-order chi connectivity index (χ1) is 11.4. The van der Waals surface area contributed by atoms with E-state index in [1.54, 1.807) is 36.4 Å². The highest BCUT2D eigenvalue weighted by molar-refractivity contribution is 7.96. The third-order valence-electron chi connectivity index (χ3n) is 3.61. The fourth-order valence-corrected chi connectivity index (χ4v) is 3.39. The monoisotopic (exact) mass is 345 g/mol.